The van der Waals surface area contributed by atoms with Gasteiger partial charge in [-0.3, -0.25) is 4.79 Å². The molecule has 0 heterocycles. The van der Waals surface area contributed by atoms with Crippen LogP contribution >= 0.6 is 0 Å². The lowest BCUT2D eigenvalue weighted by Gasteiger charge is -2.50. The molecule has 1 aromatic rings. The quantitative estimate of drug-likeness (QED) is 0.375. The Kier molecular flexibility index (Phi) is 5.37. The zero-order valence-corrected chi connectivity index (χ0v) is 18.5. The van der Waals surface area contributed by atoms with E-state index in [1.165, 1.54) is 42.1 Å². The van der Waals surface area contributed by atoms with E-state index in [9.17, 15) is 4.79 Å². The molecule has 3 heteroatoms. The Morgan fingerprint density at radius 3 is 2.88 bits per heavy atom. The highest BCUT2D eigenvalue weighted by Gasteiger charge is 2.55. The van der Waals surface area contributed by atoms with E-state index in [0.29, 0.717) is 17.6 Å². The van der Waals surface area contributed by atoms with E-state index >= 15 is 0 Å². The van der Waals surface area contributed by atoms with Crippen LogP contribution in [0.4, 0.5) is 0 Å². The van der Waals surface area contributed by atoms with Crippen molar-refractivity contribution in [3.63, 3.8) is 0 Å². The van der Waals surface area contributed by atoms with E-state index in [1.54, 1.807) is 5.56 Å². The highest BCUT2D eigenvalue weighted by atomic mass is 127. The van der Waals surface area contributed by atoms with Crippen molar-refractivity contribution in [2.75, 3.05) is 11.0 Å². The summed E-state index contributed by atoms with van der Waals surface area (Å²) in [4.78, 5) is 12.2. The number of aryl methyl sites for hydroxylation is 1. The number of rotatable bonds is 5. The van der Waals surface area contributed by atoms with Gasteiger partial charge in [-0.15, -0.1) is 0 Å². The number of hydrogen-bond acceptors (Lipinski definition) is 2. The van der Waals surface area contributed by atoms with Gasteiger partial charge in [-0.05, 0) is 91.9 Å². The second-order valence-corrected chi connectivity index (χ2v) is 10.1. The Bertz CT molecular complexity index is 685. The summed E-state index contributed by atoms with van der Waals surface area (Å²) in [6.07, 6.45) is 8.46. The van der Waals surface area contributed by atoms with Gasteiger partial charge in [0.1, 0.15) is 16.0 Å². The number of halogens is 1. The molecule has 0 radical (unpaired) electrons. The summed E-state index contributed by atoms with van der Waals surface area (Å²) in [6, 6.07) is 6.86. The summed E-state index contributed by atoms with van der Waals surface area (Å²) in [5, 5.41) is 0. The van der Waals surface area contributed by atoms with Gasteiger partial charge in [0.25, 0.3) is 22.6 Å². The van der Waals surface area contributed by atoms with Crippen LogP contribution in [0.15, 0.2) is 18.2 Å². The van der Waals surface area contributed by atoms with E-state index in [1.807, 2.05) is 6.92 Å². The maximum absolute atomic E-state index is 12.2. The van der Waals surface area contributed by atoms with Crippen LogP contribution in [0.3, 0.4) is 0 Å². The van der Waals surface area contributed by atoms with Crippen LogP contribution in [0, 0.1) is 23.2 Å². The fourth-order valence-corrected chi connectivity index (χ4v) is 6.90. The van der Waals surface area contributed by atoms with Crippen molar-refractivity contribution in [1.29, 1.82) is 0 Å². The number of alkyl halides is 1. The first kappa shape index (κ1) is 18.8. The smallest absolute Gasteiger partial charge is 0.252 e. The molecule has 4 unspecified atom stereocenters. The molecule has 3 aliphatic rings. The second-order valence-electron chi connectivity index (χ2n) is 8.97. The molecular weight excluding hydrogens is 435 g/mol. The fraction of sp³-hybridized carbons (Fsp3) is 0.696. The van der Waals surface area contributed by atoms with Crippen LogP contribution in [0.25, 0.3) is 0 Å². The lowest BCUT2D eigenvalue weighted by Crippen LogP contribution is -3.35. The third kappa shape index (κ3) is 3.12. The zero-order valence-electron chi connectivity index (χ0n) is 16.1. The highest BCUT2D eigenvalue weighted by molar-refractivity contribution is 5.79. The molecule has 0 aliphatic heterocycles. The lowest BCUT2D eigenvalue weighted by atomic mass is 9.54. The number of ketones is 1. The van der Waals surface area contributed by atoms with Crippen molar-refractivity contribution >= 4 is 5.78 Å². The predicted molar refractivity (Wildman–Crippen MR) is 102 cm³/mol. The zero-order chi connectivity index (χ0) is 18.3. The molecule has 0 aromatic heterocycles. The van der Waals surface area contributed by atoms with Crippen LogP contribution < -0.4 is 27.3 Å². The monoisotopic (exact) mass is 467 g/mol. The van der Waals surface area contributed by atoms with Gasteiger partial charge in [0.05, 0.1) is 6.61 Å². The van der Waals surface area contributed by atoms with Gasteiger partial charge in [-0.25, -0.2) is 0 Å². The number of carbonyl (C=O) groups excluding carboxylic acids is 1. The topological polar surface area (TPSA) is 26.3 Å². The Balaban J connectivity index is 1.55. The van der Waals surface area contributed by atoms with Crippen LogP contribution in [0.1, 0.15) is 69.4 Å². The molecule has 0 spiro atoms. The van der Waals surface area contributed by atoms with Gasteiger partial charge in [-0.1, -0.05) is 13.0 Å². The van der Waals surface area contributed by atoms with Gasteiger partial charge >= 0.3 is 0 Å². The molecule has 0 saturated heterocycles. The van der Waals surface area contributed by atoms with E-state index < -0.39 is 0 Å². The van der Waals surface area contributed by atoms with Crippen LogP contribution in [-0.4, -0.2) is 16.8 Å². The number of carbonyl (C=O) groups is 1. The molecule has 0 bridgehead atoms. The molecule has 1 aromatic carbocycles. The van der Waals surface area contributed by atoms with E-state index in [-0.39, 0.29) is 5.41 Å². The number of ether oxygens (including phenoxy) is 1. The minimum Gasteiger partial charge on any atom is -0.493 e. The first-order valence-corrected chi connectivity index (χ1v) is 12.0. The van der Waals surface area contributed by atoms with Crippen molar-refractivity contribution in [2.24, 2.45) is 23.2 Å². The number of Topliss-reactive ketones (excluding diaryl/α,β-unsaturated/α-hetero) is 1. The molecule has 2 fully saturated rings. The standard InChI is InChI=1S/C23H32IO2/c1-15(25)21-8-9-22-20-6-4-16-14-17(26-13-3-12-24)5-7-18(16)19(20)10-11-23(21,22)2/h5,7,14,19-22,24H,3-4,6,8-13H2,1-2H3/q+1/t19?,20?,21-,22?,23?/m0/s1. The minimum absolute atomic E-state index is 0.258. The summed E-state index contributed by atoms with van der Waals surface area (Å²) < 4.78 is 7.13. The van der Waals surface area contributed by atoms with Gasteiger partial charge in [-0.2, -0.15) is 0 Å². The third-order valence-electron chi connectivity index (χ3n) is 7.75. The first-order chi connectivity index (χ1) is 12.5. The maximum Gasteiger partial charge on any atom is 0.252 e. The minimum atomic E-state index is 0.258. The number of fused-ring (bicyclic) bond motifs is 5. The summed E-state index contributed by atoms with van der Waals surface area (Å²) in [7, 11) is 0. The molecule has 3 aliphatic carbocycles. The molecule has 26 heavy (non-hydrogen) atoms. The summed E-state index contributed by atoms with van der Waals surface area (Å²) in [5.41, 5.74) is 3.36. The van der Waals surface area contributed by atoms with E-state index in [4.69, 9.17) is 4.74 Å². The third-order valence-corrected chi connectivity index (χ3v) is 8.57. The van der Waals surface area contributed by atoms with Crippen molar-refractivity contribution in [1.82, 2.24) is 0 Å². The van der Waals surface area contributed by atoms with Crippen LogP contribution in [-0.2, 0) is 11.2 Å². The average molecular weight is 467 g/mol. The SMILES string of the molecule is CC(=O)[C@@H]1CCC2C3CCc4cc(OCCC[IH+])ccc4C3CCC21C. The van der Waals surface area contributed by atoms with Crippen LogP contribution in [0.5, 0.6) is 5.75 Å². The van der Waals surface area contributed by atoms with Crippen molar-refractivity contribution < 1.29 is 32.1 Å². The first-order valence-electron chi connectivity index (χ1n) is 10.4. The molecule has 4 rings (SSSR count). The van der Waals surface area contributed by atoms with E-state index in [2.05, 4.69) is 47.7 Å². The van der Waals surface area contributed by atoms with Gasteiger partial charge < -0.3 is 4.74 Å². The maximum atomic E-state index is 12.2. The molecule has 142 valence electrons. The second kappa shape index (κ2) is 7.44. The predicted octanol–water partition coefficient (Wildman–Crippen LogP) is 1.80. The summed E-state index contributed by atoms with van der Waals surface area (Å²) in [6.45, 7) is 5.07. The van der Waals surface area contributed by atoms with E-state index in [0.717, 1.165) is 37.0 Å². The number of benzene rings is 1. The fourth-order valence-electron chi connectivity index (χ4n) is 6.57. The molecule has 2 nitrogen and oxygen atoms in total. The Hall–Kier alpha value is -0.580. The van der Waals surface area contributed by atoms with Gasteiger partial charge in [0, 0.05) is 12.3 Å². The van der Waals surface area contributed by atoms with Crippen molar-refractivity contribution in [2.45, 2.75) is 64.7 Å². The Labute approximate surface area is 171 Å². The van der Waals surface area contributed by atoms with Gasteiger partial charge in [0.15, 0.2) is 0 Å². The Morgan fingerprint density at radius 2 is 2.12 bits per heavy atom. The molecular formula is C23H32IO2+. The molecule has 0 N–H and O–H groups in total. The highest BCUT2D eigenvalue weighted by Crippen LogP contribution is 2.63. The number of hydrogen-bond donors (Lipinski definition) is 0. The Morgan fingerprint density at radius 1 is 1.27 bits per heavy atom. The van der Waals surface area contributed by atoms with Crippen molar-refractivity contribution in [3.8, 4) is 5.75 Å². The lowest BCUT2D eigenvalue weighted by molar-refractivity contribution is -0.368. The van der Waals surface area contributed by atoms with Crippen LogP contribution in [0.2, 0.25) is 0 Å². The molecule has 5 atom stereocenters. The average Bonchev–Trinajstić information content (AvgIpc) is 2.99. The summed E-state index contributed by atoms with van der Waals surface area (Å²) in [5.74, 6) is 4.01. The van der Waals surface area contributed by atoms with Crippen molar-refractivity contribution in [3.05, 3.63) is 29.3 Å². The van der Waals surface area contributed by atoms with Gasteiger partial charge in [0.2, 0.25) is 0 Å². The normalized spacial score (nSPS) is 35.3. The summed E-state index contributed by atoms with van der Waals surface area (Å²) >= 11 is 2.13. The molecule has 0 amide bonds. The largest absolute Gasteiger partial charge is 0.493 e. The molecule has 2 saturated carbocycles.